The molecule has 4 atom stereocenters. The van der Waals surface area contributed by atoms with Crippen LogP contribution in [0.5, 0.6) is 5.75 Å². The summed E-state index contributed by atoms with van der Waals surface area (Å²) >= 11 is 0. The molecule has 3 aliphatic rings. The Hall–Kier alpha value is -2.08. The molecule has 1 aliphatic carbocycles. The van der Waals surface area contributed by atoms with Gasteiger partial charge in [-0.25, -0.2) is 5.06 Å². The third-order valence-electron chi connectivity index (χ3n) is 5.13. The minimum absolute atomic E-state index is 0.115. The minimum atomic E-state index is -0.342. The topological polar surface area (TPSA) is 65.1 Å². The van der Waals surface area contributed by atoms with Crippen LogP contribution in [0.3, 0.4) is 0 Å². The normalized spacial score (nSPS) is 31.4. The van der Waals surface area contributed by atoms with Crippen LogP contribution >= 0.6 is 0 Å². The Morgan fingerprint density at radius 2 is 1.96 bits per heavy atom. The average molecular weight is 317 g/mol. The number of fused-ring (bicyclic) bond motifs is 3. The molecule has 2 fully saturated rings. The highest BCUT2D eigenvalue weighted by molar-refractivity contribution is 5.87. The summed E-state index contributed by atoms with van der Waals surface area (Å²) in [4.78, 5) is 30.3. The second-order valence-corrected chi connectivity index (χ2v) is 6.33. The predicted molar refractivity (Wildman–Crippen MR) is 79.2 cm³/mol. The lowest BCUT2D eigenvalue weighted by Gasteiger charge is -2.38. The van der Waals surface area contributed by atoms with Crippen LogP contribution < -0.4 is 4.74 Å². The molecule has 1 aromatic rings. The monoisotopic (exact) mass is 317 g/mol. The maximum absolute atomic E-state index is 12.9. The molecular weight excluding hydrogens is 298 g/mol. The number of rotatable bonds is 2. The third-order valence-corrected chi connectivity index (χ3v) is 5.13. The molecule has 2 heterocycles. The molecule has 0 unspecified atom stereocenters. The summed E-state index contributed by atoms with van der Waals surface area (Å²) in [6.45, 7) is 0.997. The summed E-state index contributed by atoms with van der Waals surface area (Å²) in [5.74, 6) is -0.171. The van der Waals surface area contributed by atoms with Gasteiger partial charge in [-0.05, 0) is 18.9 Å². The second kappa shape index (κ2) is 5.53. The van der Waals surface area contributed by atoms with E-state index in [4.69, 9.17) is 14.3 Å². The van der Waals surface area contributed by atoms with Crippen LogP contribution in [-0.4, -0.2) is 37.3 Å². The molecule has 0 radical (unpaired) electrons. The Morgan fingerprint density at radius 1 is 1.17 bits per heavy atom. The second-order valence-electron chi connectivity index (χ2n) is 6.33. The largest absolute Gasteiger partial charge is 0.493 e. The van der Waals surface area contributed by atoms with Crippen LogP contribution in [0.4, 0.5) is 0 Å². The highest BCUT2D eigenvalue weighted by atomic mass is 16.7. The summed E-state index contributed by atoms with van der Waals surface area (Å²) in [6.07, 6.45) is 1.40. The van der Waals surface area contributed by atoms with Gasteiger partial charge in [0.15, 0.2) is 0 Å². The van der Waals surface area contributed by atoms with Crippen molar-refractivity contribution in [2.24, 2.45) is 17.8 Å². The number of carbonyl (C=O) groups is 2. The van der Waals surface area contributed by atoms with Gasteiger partial charge in [0, 0.05) is 11.5 Å². The molecule has 1 saturated heterocycles. The van der Waals surface area contributed by atoms with E-state index in [1.165, 1.54) is 12.2 Å². The van der Waals surface area contributed by atoms with E-state index in [-0.39, 0.29) is 35.7 Å². The van der Waals surface area contributed by atoms with Crippen molar-refractivity contribution in [1.82, 2.24) is 5.06 Å². The number of ether oxygens (including phenoxy) is 2. The van der Waals surface area contributed by atoms with E-state index < -0.39 is 0 Å². The minimum Gasteiger partial charge on any atom is -0.493 e. The molecule has 0 bridgehead atoms. The number of hydrogen-bond acceptors (Lipinski definition) is 5. The standard InChI is InChI=1S/C17H19NO5/c1-21-17(20)12-7-6-11(12)16(19)18-15-10(9-23-18)8-22-14-5-3-2-4-13(14)15/h2-5,10-12,15H,6-9H2,1H3/t10-,11-,12+,15+/m1/s1. The molecule has 0 aromatic heterocycles. The molecular formula is C17H19NO5. The van der Waals surface area contributed by atoms with Gasteiger partial charge in [-0.2, -0.15) is 0 Å². The van der Waals surface area contributed by atoms with Crippen LogP contribution in [0.2, 0.25) is 0 Å². The Kier molecular flexibility index (Phi) is 3.49. The highest BCUT2D eigenvalue weighted by Gasteiger charge is 2.50. The van der Waals surface area contributed by atoms with Crippen molar-refractivity contribution >= 4 is 11.9 Å². The van der Waals surface area contributed by atoms with Gasteiger partial charge in [0.2, 0.25) is 0 Å². The molecule has 1 amide bonds. The van der Waals surface area contributed by atoms with Crippen molar-refractivity contribution in [2.75, 3.05) is 20.3 Å². The van der Waals surface area contributed by atoms with Gasteiger partial charge in [-0.1, -0.05) is 18.2 Å². The Labute approximate surface area is 134 Å². The van der Waals surface area contributed by atoms with Crippen molar-refractivity contribution < 1.29 is 23.9 Å². The fourth-order valence-corrected chi connectivity index (χ4v) is 3.70. The smallest absolute Gasteiger partial charge is 0.309 e. The Bertz CT molecular complexity index is 646. The van der Waals surface area contributed by atoms with Crippen LogP contribution in [-0.2, 0) is 19.2 Å². The maximum atomic E-state index is 12.9. The lowest BCUT2D eigenvalue weighted by molar-refractivity contribution is -0.190. The average Bonchev–Trinajstić information content (AvgIpc) is 2.98. The number of benzene rings is 1. The number of nitrogens with zero attached hydrogens (tertiary/aromatic N) is 1. The molecule has 23 heavy (non-hydrogen) atoms. The van der Waals surface area contributed by atoms with E-state index >= 15 is 0 Å². The van der Waals surface area contributed by atoms with E-state index in [1.807, 2.05) is 24.3 Å². The first-order chi connectivity index (χ1) is 11.2. The van der Waals surface area contributed by atoms with Gasteiger partial charge in [-0.3, -0.25) is 14.4 Å². The van der Waals surface area contributed by atoms with Crippen molar-refractivity contribution in [3.05, 3.63) is 29.8 Å². The molecule has 6 nitrogen and oxygen atoms in total. The summed E-state index contributed by atoms with van der Waals surface area (Å²) in [7, 11) is 1.36. The van der Waals surface area contributed by atoms with Gasteiger partial charge in [0.25, 0.3) is 5.91 Å². The molecule has 2 aliphatic heterocycles. The quantitative estimate of drug-likeness (QED) is 0.777. The SMILES string of the molecule is COC(=O)[C@H]1CC[C@H]1C(=O)N1OC[C@H]2COc3ccccc3[C@H]21. The number of hydrogen-bond donors (Lipinski definition) is 0. The lowest BCUT2D eigenvalue weighted by atomic mass is 9.72. The van der Waals surface area contributed by atoms with E-state index in [0.29, 0.717) is 26.1 Å². The van der Waals surface area contributed by atoms with Crippen LogP contribution in [0.15, 0.2) is 24.3 Å². The van der Waals surface area contributed by atoms with Gasteiger partial charge in [0.05, 0.1) is 38.2 Å². The van der Waals surface area contributed by atoms with Crippen molar-refractivity contribution in [1.29, 1.82) is 0 Å². The van der Waals surface area contributed by atoms with E-state index in [0.717, 1.165) is 11.3 Å². The summed E-state index contributed by atoms with van der Waals surface area (Å²) in [6, 6.07) is 7.60. The fourth-order valence-electron chi connectivity index (χ4n) is 3.70. The summed E-state index contributed by atoms with van der Waals surface area (Å²) in [5.41, 5.74) is 0.976. The van der Waals surface area contributed by atoms with E-state index in [9.17, 15) is 9.59 Å². The van der Waals surface area contributed by atoms with Crippen LogP contribution in [0.25, 0.3) is 0 Å². The van der Waals surface area contributed by atoms with Crippen molar-refractivity contribution in [2.45, 2.75) is 18.9 Å². The first-order valence-corrected chi connectivity index (χ1v) is 7.96. The molecule has 0 spiro atoms. The van der Waals surface area contributed by atoms with Crippen molar-refractivity contribution in [3.63, 3.8) is 0 Å². The Morgan fingerprint density at radius 3 is 2.70 bits per heavy atom. The number of esters is 1. The Balaban J connectivity index is 1.59. The molecule has 6 heteroatoms. The first kappa shape index (κ1) is 14.5. The lowest BCUT2D eigenvalue weighted by Crippen LogP contribution is -2.46. The third kappa shape index (κ3) is 2.20. The van der Waals surface area contributed by atoms with E-state index in [1.54, 1.807) is 0 Å². The zero-order chi connectivity index (χ0) is 16.0. The van der Waals surface area contributed by atoms with E-state index in [2.05, 4.69) is 0 Å². The number of methoxy groups -OCH3 is 1. The van der Waals surface area contributed by atoms with Gasteiger partial charge < -0.3 is 9.47 Å². The molecule has 1 saturated carbocycles. The summed E-state index contributed by atoms with van der Waals surface area (Å²) < 4.78 is 10.5. The maximum Gasteiger partial charge on any atom is 0.309 e. The number of amides is 1. The molecule has 1 aromatic carbocycles. The van der Waals surface area contributed by atoms with Gasteiger partial charge >= 0.3 is 5.97 Å². The summed E-state index contributed by atoms with van der Waals surface area (Å²) in [5, 5.41) is 1.48. The predicted octanol–water partition coefficient (Wildman–Crippen LogP) is 1.71. The zero-order valence-corrected chi connectivity index (χ0v) is 12.9. The first-order valence-electron chi connectivity index (χ1n) is 7.96. The van der Waals surface area contributed by atoms with Gasteiger partial charge in [0.1, 0.15) is 5.75 Å². The number of para-hydroxylation sites is 1. The number of hydroxylamine groups is 2. The highest BCUT2D eigenvalue weighted by Crippen LogP contribution is 2.46. The van der Waals surface area contributed by atoms with Crippen molar-refractivity contribution in [3.8, 4) is 5.75 Å². The molecule has 4 rings (SSSR count). The van der Waals surface area contributed by atoms with Gasteiger partial charge in [-0.15, -0.1) is 0 Å². The van der Waals surface area contributed by atoms with Crippen LogP contribution in [0, 0.1) is 17.8 Å². The number of carbonyl (C=O) groups excluding carboxylic acids is 2. The molecule has 122 valence electrons. The zero-order valence-electron chi connectivity index (χ0n) is 12.9. The molecule has 0 N–H and O–H groups in total. The fraction of sp³-hybridized carbons (Fsp3) is 0.529. The van der Waals surface area contributed by atoms with Crippen LogP contribution in [0.1, 0.15) is 24.4 Å².